The van der Waals surface area contributed by atoms with E-state index in [1.54, 1.807) is 0 Å². The molecule has 0 heterocycles. The molecule has 50 heavy (non-hydrogen) atoms. The fourth-order valence-corrected chi connectivity index (χ4v) is 7.05. The monoisotopic (exact) mass is 708 g/mol. The molecule has 0 amide bonds. The fraction of sp³-hybridized carbons (Fsp3) is 0.956. The molecule has 5 nitrogen and oxygen atoms in total. The molecular weight excluding hydrogens is 618 g/mol. The van der Waals surface area contributed by atoms with E-state index in [0.717, 1.165) is 44.9 Å². The maximum Gasteiger partial charge on any atom is 0.306 e. The van der Waals surface area contributed by atoms with Crippen molar-refractivity contribution in [3.8, 4) is 0 Å². The van der Waals surface area contributed by atoms with Gasteiger partial charge in [-0.2, -0.15) is 0 Å². The van der Waals surface area contributed by atoms with E-state index in [2.05, 4.69) is 32.6 Å². The van der Waals surface area contributed by atoms with Crippen molar-refractivity contribution < 1.29 is 19.1 Å². The maximum absolute atomic E-state index is 12.7. The predicted molar refractivity (Wildman–Crippen MR) is 217 cm³/mol. The van der Waals surface area contributed by atoms with Gasteiger partial charge in [0.25, 0.3) is 0 Å². The van der Waals surface area contributed by atoms with Crippen LogP contribution in [0.15, 0.2) is 0 Å². The lowest BCUT2D eigenvalue weighted by Gasteiger charge is -2.21. The molecule has 0 aliphatic rings. The second kappa shape index (κ2) is 40.7. The van der Waals surface area contributed by atoms with Gasteiger partial charge in [0.1, 0.15) is 6.10 Å². The van der Waals surface area contributed by atoms with Gasteiger partial charge in [-0.25, -0.2) is 0 Å². The van der Waals surface area contributed by atoms with E-state index in [1.165, 1.54) is 180 Å². The van der Waals surface area contributed by atoms with Crippen molar-refractivity contribution in [2.45, 2.75) is 252 Å². The van der Waals surface area contributed by atoms with Gasteiger partial charge in [-0.15, -0.1) is 0 Å². The van der Waals surface area contributed by atoms with Gasteiger partial charge < -0.3 is 14.4 Å². The number of ether oxygens (including phenoxy) is 2. The van der Waals surface area contributed by atoms with Gasteiger partial charge >= 0.3 is 11.9 Å². The molecule has 0 unspecified atom stereocenters. The lowest BCUT2D eigenvalue weighted by atomic mass is 10.0. The van der Waals surface area contributed by atoms with Crippen LogP contribution in [-0.4, -0.2) is 49.2 Å². The minimum Gasteiger partial charge on any atom is -0.466 e. The SMILES string of the molecule is CCCCCCCCCOC(=O)CCCCCCCN(CCC)CCCCCCCC(=O)OC(CCCCCCCC)CCCCCCCC. The zero-order valence-electron chi connectivity index (χ0n) is 34.5. The topological polar surface area (TPSA) is 55.8 Å². The summed E-state index contributed by atoms with van der Waals surface area (Å²) in [5.74, 6) is 0.0381. The number of carbonyl (C=O) groups excluding carboxylic acids is 2. The first kappa shape index (κ1) is 48.9. The fourth-order valence-electron chi connectivity index (χ4n) is 7.05. The molecule has 0 N–H and O–H groups in total. The molecule has 0 saturated carbocycles. The van der Waals surface area contributed by atoms with Crippen molar-refractivity contribution in [2.75, 3.05) is 26.2 Å². The molecule has 5 heteroatoms. The van der Waals surface area contributed by atoms with Gasteiger partial charge in [0, 0.05) is 12.8 Å². The highest BCUT2D eigenvalue weighted by molar-refractivity contribution is 5.69. The summed E-state index contributed by atoms with van der Waals surface area (Å²) in [7, 11) is 0. The average molecular weight is 708 g/mol. The van der Waals surface area contributed by atoms with Crippen LogP contribution in [0.2, 0.25) is 0 Å². The molecule has 0 saturated heterocycles. The van der Waals surface area contributed by atoms with Crippen molar-refractivity contribution in [1.29, 1.82) is 0 Å². The highest BCUT2D eigenvalue weighted by Crippen LogP contribution is 2.18. The van der Waals surface area contributed by atoms with Crippen molar-refractivity contribution in [3.05, 3.63) is 0 Å². The quantitative estimate of drug-likeness (QED) is 0.0468. The first-order valence-electron chi connectivity index (χ1n) is 22.6. The first-order valence-corrected chi connectivity index (χ1v) is 22.6. The van der Waals surface area contributed by atoms with Gasteiger partial charge in [-0.1, -0.05) is 169 Å². The third kappa shape index (κ3) is 36.7. The highest BCUT2D eigenvalue weighted by Gasteiger charge is 2.14. The Morgan fingerprint density at radius 3 is 1.24 bits per heavy atom. The second-order valence-corrected chi connectivity index (χ2v) is 15.4. The molecule has 0 aromatic carbocycles. The van der Waals surface area contributed by atoms with Crippen LogP contribution < -0.4 is 0 Å². The molecule has 0 atom stereocenters. The van der Waals surface area contributed by atoms with E-state index >= 15 is 0 Å². The van der Waals surface area contributed by atoms with Crippen LogP contribution in [0.4, 0.5) is 0 Å². The minimum atomic E-state index is -0.00344. The number of carbonyl (C=O) groups is 2. The zero-order chi connectivity index (χ0) is 36.6. The summed E-state index contributed by atoms with van der Waals surface area (Å²) < 4.78 is 11.5. The molecule has 0 radical (unpaired) electrons. The molecule has 298 valence electrons. The molecule has 0 spiro atoms. The number of esters is 2. The third-order valence-electron chi connectivity index (χ3n) is 10.3. The third-order valence-corrected chi connectivity index (χ3v) is 10.3. The number of hydrogen-bond donors (Lipinski definition) is 0. The smallest absolute Gasteiger partial charge is 0.306 e. The Kier molecular flexibility index (Phi) is 39.8. The molecule has 0 bridgehead atoms. The Labute approximate surface area is 313 Å². The van der Waals surface area contributed by atoms with Crippen molar-refractivity contribution in [2.24, 2.45) is 0 Å². The van der Waals surface area contributed by atoms with Crippen LogP contribution >= 0.6 is 0 Å². The minimum absolute atomic E-state index is 0.00344. The second-order valence-electron chi connectivity index (χ2n) is 15.4. The number of nitrogens with zero attached hydrogens (tertiary/aromatic N) is 1. The molecule has 0 aliphatic heterocycles. The van der Waals surface area contributed by atoms with Gasteiger partial charge in [0.05, 0.1) is 6.61 Å². The average Bonchev–Trinajstić information content (AvgIpc) is 3.11. The van der Waals surface area contributed by atoms with Gasteiger partial charge in [-0.05, 0) is 83.8 Å². The molecule has 0 aliphatic carbocycles. The predicted octanol–water partition coefficient (Wildman–Crippen LogP) is 14.1. The van der Waals surface area contributed by atoms with E-state index in [4.69, 9.17) is 9.47 Å². The van der Waals surface area contributed by atoms with E-state index < -0.39 is 0 Å². The van der Waals surface area contributed by atoms with Crippen molar-refractivity contribution in [3.63, 3.8) is 0 Å². The Bertz CT molecular complexity index is 683. The molecule has 0 aromatic rings. The van der Waals surface area contributed by atoms with Crippen LogP contribution in [0.1, 0.15) is 246 Å². The van der Waals surface area contributed by atoms with Gasteiger partial charge in [0.15, 0.2) is 0 Å². The van der Waals surface area contributed by atoms with Crippen LogP contribution in [0.25, 0.3) is 0 Å². The Hall–Kier alpha value is -1.10. The van der Waals surface area contributed by atoms with Crippen LogP contribution in [-0.2, 0) is 19.1 Å². The zero-order valence-corrected chi connectivity index (χ0v) is 34.5. The summed E-state index contributed by atoms with van der Waals surface area (Å²) in [6.45, 7) is 13.2. The van der Waals surface area contributed by atoms with Crippen molar-refractivity contribution >= 4 is 11.9 Å². The van der Waals surface area contributed by atoms with Crippen molar-refractivity contribution in [1.82, 2.24) is 4.90 Å². The standard InChI is InChI=1S/C45H89NO4/c1-5-9-12-15-18-27-34-42-49-44(47)37-30-23-19-25-32-40-46(39-8-4)41-33-26-20-24-31-38-45(48)50-43(35-28-21-16-13-10-6-2)36-29-22-17-14-11-7-3/h43H,5-42H2,1-4H3. The van der Waals surface area contributed by atoms with Gasteiger partial charge in [-0.3, -0.25) is 9.59 Å². The summed E-state index contributed by atoms with van der Waals surface area (Å²) in [6.07, 6.45) is 40.6. The van der Waals surface area contributed by atoms with E-state index in [9.17, 15) is 9.59 Å². The summed E-state index contributed by atoms with van der Waals surface area (Å²) in [6, 6.07) is 0. The summed E-state index contributed by atoms with van der Waals surface area (Å²) in [5, 5.41) is 0. The molecule has 0 fully saturated rings. The summed E-state index contributed by atoms with van der Waals surface area (Å²) in [4.78, 5) is 27.3. The summed E-state index contributed by atoms with van der Waals surface area (Å²) >= 11 is 0. The maximum atomic E-state index is 12.7. The highest BCUT2D eigenvalue weighted by atomic mass is 16.5. The number of unbranched alkanes of at least 4 members (excludes halogenated alkanes) is 24. The van der Waals surface area contributed by atoms with E-state index in [1.807, 2.05) is 0 Å². The van der Waals surface area contributed by atoms with E-state index in [0.29, 0.717) is 19.4 Å². The normalized spacial score (nSPS) is 11.6. The lowest BCUT2D eigenvalue weighted by molar-refractivity contribution is -0.150. The van der Waals surface area contributed by atoms with Crippen LogP contribution in [0.5, 0.6) is 0 Å². The Morgan fingerprint density at radius 2 is 0.780 bits per heavy atom. The molecular formula is C45H89NO4. The largest absolute Gasteiger partial charge is 0.466 e. The lowest BCUT2D eigenvalue weighted by Crippen LogP contribution is -2.27. The van der Waals surface area contributed by atoms with Crippen LogP contribution in [0, 0.1) is 0 Å². The van der Waals surface area contributed by atoms with Gasteiger partial charge in [0.2, 0.25) is 0 Å². The number of rotatable bonds is 41. The Morgan fingerprint density at radius 1 is 0.400 bits per heavy atom. The molecule has 0 rings (SSSR count). The summed E-state index contributed by atoms with van der Waals surface area (Å²) in [5.41, 5.74) is 0. The first-order chi connectivity index (χ1) is 24.6. The van der Waals surface area contributed by atoms with Crippen LogP contribution in [0.3, 0.4) is 0 Å². The van der Waals surface area contributed by atoms with E-state index in [-0.39, 0.29) is 18.0 Å². The molecule has 0 aromatic heterocycles. The number of hydrogen-bond acceptors (Lipinski definition) is 5. The Balaban J connectivity index is 3.94.